The van der Waals surface area contributed by atoms with Crippen LogP contribution in [-0.4, -0.2) is 0 Å². The molecule has 1 aromatic carbocycles. The first-order valence-corrected chi connectivity index (χ1v) is 4.55. The predicted molar refractivity (Wildman–Crippen MR) is 59.8 cm³/mol. The number of nitrogens with two attached hydrogens (primary N) is 1. The molecular weight excluding hydrogens is 202 g/mol. The van der Waals surface area contributed by atoms with Crippen LogP contribution in [0.1, 0.15) is 5.56 Å². The van der Waals surface area contributed by atoms with E-state index < -0.39 is 0 Å². The third-order valence-corrected chi connectivity index (χ3v) is 2.19. The maximum Gasteiger partial charge on any atom is 0.198 e. The van der Waals surface area contributed by atoms with Crippen LogP contribution in [0.4, 0.5) is 5.88 Å². The number of allylic oxidation sites excluding steroid dienone is 1. The summed E-state index contributed by atoms with van der Waals surface area (Å²) in [4.78, 5) is 0. The lowest BCUT2D eigenvalue weighted by atomic mass is 10.1. The van der Waals surface area contributed by atoms with E-state index in [1.807, 2.05) is 18.2 Å². The first kappa shape index (κ1) is 9.82. The van der Waals surface area contributed by atoms with Crippen molar-refractivity contribution in [3.8, 4) is 12.1 Å². The van der Waals surface area contributed by atoms with Gasteiger partial charge in [-0.25, -0.2) is 0 Å². The highest BCUT2D eigenvalue weighted by atomic mass is 16.3. The molecular formula is C12H7N3O. The molecule has 0 radical (unpaired) electrons. The van der Waals surface area contributed by atoms with Gasteiger partial charge in [0.1, 0.15) is 23.3 Å². The molecule has 16 heavy (non-hydrogen) atoms. The number of benzene rings is 1. The van der Waals surface area contributed by atoms with Gasteiger partial charge in [0.05, 0.1) is 0 Å². The molecule has 4 nitrogen and oxygen atoms in total. The van der Waals surface area contributed by atoms with E-state index in [1.165, 1.54) is 6.08 Å². The molecule has 2 rings (SSSR count). The molecule has 0 fully saturated rings. The van der Waals surface area contributed by atoms with Crippen LogP contribution in [0.25, 0.3) is 17.0 Å². The number of furan rings is 1. The van der Waals surface area contributed by atoms with Gasteiger partial charge < -0.3 is 10.2 Å². The molecule has 0 aliphatic rings. The van der Waals surface area contributed by atoms with Crippen molar-refractivity contribution in [3.63, 3.8) is 0 Å². The van der Waals surface area contributed by atoms with Gasteiger partial charge in [0.15, 0.2) is 5.88 Å². The van der Waals surface area contributed by atoms with Gasteiger partial charge in [-0.15, -0.1) is 0 Å². The number of nitriles is 2. The number of hydrogen-bond donors (Lipinski definition) is 1. The average molecular weight is 209 g/mol. The second kappa shape index (κ2) is 3.80. The van der Waals surface area contributed by atoms with E-state index in [4.69, 9.17) is 20.7 Å². The van der Waals surface area contributed by atoms with Crippen LogP contribution in [0.2, 0.25) is 0 Å². The number of para-hydroxylation sites is 1. The fourth-order valence-electron chi connectivity index (χ4n) is 1.47. The highest BCUT2D eigenvalue weighted by Gasteiger charge is 2.09. The molecule has 0 aliphatic carbocycles. The van der Waals surface area contributed by atoms with Gasteiger partial charge in [0.25, 0.3) is 0 Å². The predicted octanol–water partition coefficient (Wildman–Crippen LogP) is 2.45. The Kier molecular flexibility index (Phi) is 2.33. The quantitative estimate of drug-likeness (QED) is 0.730. The van der Waals surface area contributed by atoms with E-state index in [-0.39, 0.29) is 11.5 Å². The fourth-order valence-corrected chi connectivity index (χ4v) is 1.47. The molecule has 0 bridgehead atoms. The lowest BCUT2D eigenvalue weighted by molar-refractivity contribution is 0.636. The van der Waals surface area contributed by atoms with E-state index in [2.05, 4.69) is 0 Å². The Morgan fingerprint density at radius 1 is 1.25 bits per heavy atom. The Morgan fingerprint density at radius 3 is 2.62 bits per heavy atom. The number of nitrogen functional groups attached to an aromatic ring is 1. The SMILES string of the molecule is N#CC(C#N)=Cc1c(N)oc2ccccc12. The van der Waals surface area contributed by atoms with Gasteiger partial charge in [0.2, 0.25) is 0 Å². The van der Waals surface area contributed by atoms with E-state index in [0.29, 0.717) is 11.1 Å². The van der Waals surface area contributed by atoms with Crippen LogP contribution in [-0.2, 0) is 0 Å². The summed E-state index contributed by atoms with van der Waals surface area (Å²) < 4.78 is 5.30. The molecule has 0 unspecified atom stereocenters. The Labute approximate surface area is 91.8 Å². The van der Waals surface area contributed by atoms with Crippen molar-refractivity contribution in [2.75, 3.05) is 5.73 Å². The monoisotopic (exact) mass is 209 g/mol. The summed E-state index contributed by atoms with van der Waals surface area (Å²) in [6, 6.07) is 10.8. The zero-order chi connectivity index (χ0) is 11.5. The molecule has 0 aliphatic heterocycles. The smallest absolute Gasteiger partial charge is 0.198 e. The molecule has 1 heterocycles. The standard InChI is InChI=1S/C12H7N3O/c13-6-8(7-14)5-10-9-3-1-2-4-11(9)16-12(10)15/h1-5H,15H2. The Balaban J connectivity index is 2.71. The number of fused-ring (bicyclic) bond motifs is 1. The first-order chi connectivity index (χ1) is 7.76. The third-order valence-electron chi connectivity index (χ3n) is 2.19. The average Bonchev–Trinajstić information content (AvgIpc) is 2.62. The van der Waals surface area contributed by atoms with E-state index >= 15 is 0 Å². The molecule has 0 spiro atoms. The molecule has 2 N–H and O–H groups in total. The maximum atomic E-state index is 8.68. The largest absolute Gasteiger partial charge is 0.440 e. The summed E-state index contributed by atoms with van der Waals surface area (Å²) in [5, 5.41) is 18.1. The summed E-state index contributed by atoms with van der Waals surface area (Å²) in [5.41, 5.74) is 6.90. The minimum absolute atomic E-state index is 0.00162. The number of nitrogens with zero attached hydrogens (tertiary/aromatic N) is 2. The number of anilines is 1. The molecule has 1 aromatic heterocycles. The Morgan fingerprint density at radius 2 is 1.94 bits per heavy atom. The summed E-state index contributed by atoms with van der Waals surface area (Å²) in [6.07, 6.45) is 1.43. The van der Waals surface area contributed by atoms with E-state index in [9.17, 15) is 0 Å². The van der Waals surface area contributed by atoms with Gasteiger partial charge in [-0.05, 0) is 12.1 Å². The minimum Gasteiger partial charge on any atom is -0.440 e. The van der Waals surface area contributed by atoms with Crippen LogP contribution < -0.4 is 5.73 Å². The van der Waals surface area contributed by atoms with Crippen molar-refractivity contribution in [2.45, 2.75) is 0 Å². The van der Waals surface area contributed by atoms with Gasteiger partial charge >= 0.3 is 0 Å². The fraction of sp³-hybridized carbons (Fsp3) is 0. The molecule has 76 valence electrons. The van der Waals surface area contributed by atoms with Crippen LogP contribution >= 0.6 is 0 Å². The van der Waals surface area contributed by atoms with Crippen molar-refractivity contribution in [3.05, 3.63) is 35.4 Å². The highest BCUT2D eigenvalue weighted by Crippen LogP contribution is 2.29. The zero-order valence-electron chi connectivity index (χ0n) is 8.27. The summed E-state index contributed by atoms with van der Waals surface area (Å²) in [6.45, 7) is 0. The topological polar surface area (TPSA) is 86.7 Å². The minimum atomic E-state index is -0.00162. The normalized spacial score (nSPS) is 9.38. The van der Waals surface area contributed by atoms with Crippen LogP contribution in [0.3, 0.4) is 0 Å². The Bertz CT molecular complexity index is 637. The molecule has 4 heteroatoms. The first-order valence-electron chi connectivity index (χ1n) is 4.55. The second-order valence-corrected chi connectivity index (χ2v) is 3.16. The van der Waals surface area contributed by atoms with Crippen LogP contribution in [0.15, 0.2) is 34.3 Å². The van der Waals surface area contributed by atoms with Gasteiger partial charge in [0, 0.05) is 10.9 Å². The molecule has 2 aromatic rings. The maximum absolute atomic E-state index is 8.68. The summed E-state index contributed by atoms with van der Waals surface area (Å²) >= 11 is 0. The van der Waals surface area contributed by atoms with E-state index in [1.54, 1.807) is 18.2 Å². The second-order valence-electron chi connectivity index (χ2n) is 3.16. The number of rotatable bonds is 1. The summed E-state index contributed by atoms with van der Waals surface area (Å²) in [5.74, 6) is 0.212. The van der Waals surface area contributed by atoms with Crippen molar-refractivity contribution in [1.29, 1.82) is 10.5 Å². The van der Waals surface area contributed by atoms with Crippen molar-refractivity contribution in [2.24, 2.45) is 0 Å². The molecule has 0 amide bonds. The number of hydrogen-bond acceptors (Lipinski definition) is 4. The van der Waals surface area contributed by atoms with Crippen molar-refractivity contribution < 1.29 is 4.42 Å². The van der Waals surface area contributed by atoms with Crippen molar-refractivity contribution >= 4 is 22.9 Å². The van der Waals surface area contributed by atoms with Gasteiger partial charge in [-0.2, -0.15) is 10.5 Å². The Hall–Kier alpha value is -2.72. The molecule has 0 atom stereocenters. The molecule has 0 saturated carbocycles. The van der Waals surface area contributed by atoms with Crippen LogP contribution in [0.5, 0.6) is 0 Å². The van der Waals surface area contributed by atoms with Crippen molar-refractivity contribution in [1.82, 2.24) is 0 Å². The third kappa shape index (κ3) is 1.49. The highest BCUT2D eigenvalue weighted by molar-refractivity contribution is 5.93. The van der Waals surface area contributed by atoms with E-state index in [0.717, 1.165) is 5.39 Å². The van der Waals surface area contributed by atoms with Gasteiger partial charge in [-0.3, -0.25) is 0 Å². The van der Waals surface area contributed by atoms with Crippen LogP contribution in [0, 0.1) is 22.7 Å². The van der Waals surface area contributed by atoms with Gasteiger partial charge in [-0.1, -0.05) is 18.2 Å². The molecule has 0 saturated heterocycles. The zero-order valence-corrected chi connectivity index (χ0v) is 8.27. The lowest BCUT2D eigenvalue weighted by Crippen LogP contribution is -1.84. The summed E-state index contributed by atoms with van der Waals surface area (Å²) in [7, 11) is 0. The lowest BCUT2D eigenvalue weighted by Gasteiger charge is -1.89.